The summed E-state index contributed by atoms with van der Waals surface area (Å²) in [7, 11) is 0. The Bertz CT molecular complexity index is 629. The molecule has 1 amide bonds. The maximum Gasteiger partial charge on any atom is 0.230 e. The molecule has 1 unspecified atom stereocenters. The van der Waals surface area contributed by atoms with Crippen molar-refractivity contribution in [1.82, 2.24) is 10.2 Å². The Morgan fingerprint density at radius 1 is 1.36 bits per heavy atom. The number of halogens is 2. The van der Waals surface area contributed by atoms with Gasteiger partial charge in [0.15, 0.2) is 0 Å². The zero-order valence-corrected chi connectivity index (χ0v) is 15.2. The zero-order chi connectivity index (χ0) is 16.6. The van der Waals surface area contributed by atoms with E-state index in [-0.39, 0.29) is 35.7 Å². The molecule has 25 heavy (non-hydrogen) atoms. The highest BCUT2D eigenvalue weighted by Crippen LogP contribution is 2.45. The van der Waals surface area contributed by atoms with Crippen LogP contribution < -0.4 is 5.32 Å². The van der Waals surface area contributed by atoms with Gasteiger partial charge in [0, 0.05) is 13.1 Å². The molecule has 0 spiro atoms. The molecular formula is C19H26ClFN2O2. The van der Waals surface area contributed by atoms with Crippen molar-refractivity contribution in [2.75, 3.05) is 32.8 Å². The van der Waals surface area contributed by atoms with Crippen molar-refractivity contribution >= 4 is 18.3 Å². The van der Waals surface area contributed by atoms with Gasteiger partial charge in [0.1, 0.15) is 11.9 Å². The summed E-state index contributed by atoms with van der Waals surface area (Å²) in [6, 6.07) is 6.52. The molecule has 0 radical (unpaired) electrons. The summed E-state index contributed by atoms with van der Waals surface area (Å²) in [5.41, 5.74) is 0.594. The van der Waals surface area contributed by atoms with Gasteiger partial charge in [0.25, 0.3) is 0 Å². The van der Waals surface area contributed by atoms with Gasteiger partial charge in [-0.15, -0.1) is 12.4 Å². The van der Waals surface area contributed by atoms with Crippen molar-refractivity contribution in [2.45, 2.75) is 31.8 Å². The molecule has 0 aromatic heterocycles. The van der Waals surface area contributed by atoms with E-state index in [0.717, 1.165) is 37.9 Å². The van der Waals surface area contributed by atoms with E-state index in [0.29, 0.717) is 25.6 Å². The zero-order valence-electron chi connectivity index (χ0n) is 14.4. The van der Waals surface area contributed by atoms with Gasteiger partial charge in [-0.05, 0) is 43.0 Å². The van der Waals surface area contributed by atoms with Crippen LogP contribution in [0.25, 0.3) is 0 Å². The molecule has 4 rings (SSSR count). The van der Waals surface area contributed by atoms with E-state index < -0.39 is 0 Å². The van der Waals surface area contributed by atoms with Crippen molar-refractivity contribution < 1.29 is 13.9 Å². The second-order valence-electron chi connectivity index (χ2n) is 7.40. The Balaban J connectivity index is 0.00000182. The molecule has 1 saturated carbocycles. The van der Waals surface area contributed by atoms with Crippen LogP contribution in [0.5, 0.6) is 0 Å². The highest BCUT2D eigenvalue weighted by atomic mass is 35.5. The maximum atomic E-state index is 13.5. The Morgan fingerprint density at radius 3 is 3.08 bits per heavy atom. The summed E-state index contributed by atoms with van der Waals surface area (Å²) in [5, 5.41) is 3.45. The summed E-state index contributed by atoms with van der Waals surface area (Å²) < 4.78 is 19.3. The largest absolute Gasteiger partial charge is 0.370 e. The Morgan fingerprint density at radius 2 is 2.24 bits per heavy atom. The maximum absolute atomic E-state index is 13.5. The van der Waals surface area contributed by atoms with Crippen LogP contribution in [0, 0.1) is 17.2 Å². The number of nitrogens with one attached hydrogen (secondary N) is 1. The summed E-state index contributed by atoms with van der Waals surface area (Å²) >= 11 is 0. The van der Waals surface area contributed by atoms with Gasteiger partial charge in [0.2, 0.25) is 5.91 Å². The van der Waals surface area contributed by atoms with Crippen LogP contribution in [-0.4, -0.2) is 43.6 Å². The molecule has 4 nitrogen and oxygen atoms in total. The Kier molecular flexibility index (Phi) is 5.66. The lowest BCUT2D eigenvalue weighted by Crippen LogP contribution is -2.53. The number of nitrogens with zero attached hydrogens (tertiary/aromatic N) is 1. The number of hydrogen-bond acceptors (Lipinski definition) is 3. The molecule has 2 aliphatic heterocycles. The Labute approximate surface area is 154 Å². The second-order valence-corrected chi connectivity index (χ2v) is 7.40. The minimum Gasteiger partial charge on any atom is -0.370 e. The first-order valence-corrected chi connectivity index (χ1v) is 9.06. The van der Waals surface area contributed by atoms with Gasteiger partial charge < -0.3 is 15.0 Å². The molecule has 3 atom stereocenters. The molecule has 3 aliphatic rings. The lowest BCUT2D eigenvalue weighted by molar-refractivity contribution is -0.153. The number of amides is 1. The van der Waals surface area contributed by atoms with Crippen LogP contribution >= 0.6 is 12.4 Å². The predicted molar refractivity (Wildman–Crippen MR) is 96.2 cm³/mol. The first-order valence-electron chi connectivity index (χ1n) is 9.06. The third kappa shape index (κ3) is 3.42. The van der Waals surface area contributed by atoms with E-state index in [1.165, 1.54) is 18.6 Å². The van der Waals surface area contributed by atoms with E-state index >= 15 is 0 Å². The standard InChI is InChI=1S/C19H25FN2O2.ClH/c20-16-6-3-4-14(10-16)17-12-22(8-9-24-17)18(23)19-7-2-1-5-15(19)11-21-13-19;/h3-4,6,10,15,17,21H,1-2,5,7-9,11-13H2;1H/t15-,17?,19+;/m0./s1. The smallest absolute Gasteiger partial charge is 0.230 e. The van der Waals surface area contributed by atoms with Crippen LogP contribution in [0.1, 0.15) is 37.4 Å². The number of morpholine rings is 1. The number of fused-ring (bicyclic) bond motifs is 1. The molecule has 2 saturated heterocycles. The second kappa shape index (κ2) is 7.60. The number of carbonyl (C=O) groups is 1. The lowest BCUT2D eigenvalue weighted by Gasteiger charge is -2.43. The highest BCUT2D eigenvalue weighted by Gasteiger charge is 2.51. The highest BCUT2D eigenvalue weighted by molar-refractivity contribution is 5.85. The number of carbonyl (C=O) groups excluding carboxylic acids is 1. The first-order chi connectivity index (χ1) is 11.7. The van der Waals surface area contributed by atoms with Gasteiger partial charge in [-0.1, -0.05) is 25.0 Å². The molecule has 2 heterocycles. The monoisotopic (exact) mass is 368 g/mol. The number of ether oxygens (including phenoxy) is 1. The van der Waals surface area contributed by atoms with Gasteiger partial charge >= 0.3 is 0 Å². The number of hydrogen-bond donors (Lipinski definition) is 1. The third-order valence-electron chi connectivity index (χ3n) is 6.04. The molecule has 138 valence electrons. The SMILES string of the molecule is Cl.O=C(N1CCOC(c2cccc(F)c2)C1)[C@@]12CCCC[C@H]1CNC2. The fourth-order valence-corrected chi connectivity index (χ4v) is 4.73. The number of benzene rings is 1. The lowest BCUT2D eigenvalue weighted by atomic mass is 9.67. The molecule has 1 aromatic carbocycles. The van der Waals surface area contributed by atoms with Crippen LogP contribution in [-0.2, 0) is 9.53 Å². The van der Waals surface area contributed by atoms with Crippen molar-refractivity contribution in [3.8, 4) is 0 Å². The molecule has 1 aliphatic carbocycles. The molecule has 6 heteroatoms. The van der Waals surface area contributed by atoms with Gasteiger partial charge in [-0.3, -0.25) is 4.79 Å². The van der Waals surface area contributed by atoms with Crippen molar-refractivity contribution in [2.24, 2.45) is 11.3 Å². The fourth-order valence-electron chi connectivity index (χ4n) is 4.73. The summed E-state index contributed by atoms with van der Waals surface area (Å²) in [6.45, 7) is 3.44. The van der Waals surface area contributed by atoms with Crippen LogP contribution in [0.4, 0.5) is 4.39 Å². The fraction of sp³-hybridized carbons (Fsp3) is 0.632. The first kappa shape index (κ1) is 18.6. The van der Waals surface area contributed by atoms with E-state index in [1.807, 2.05) is 11.0 Å². The van der Waals surface area contributed by atoms with Crippen molar-refractivity contribution in [3.63, 3.8) is 0 Å². The van der Waals surface area contributed by atoms with Crippen LogP contribution in [0.3, 0.4) is 0 Å². The van der Waals surface area contributed by atoms with E-state index in [9.17, 15) is 9.18 Å². The topological polar surface area (TPSA) is 41.6 Å². The van der Waals surface area contributed by atoms with Crippen molar-refractivity contribution in [1.29, 1.82) is 0 Å². The van der Waals surface area contributed by atoms with Gasteiger partial charge in [-0.2, -0.15) is 0 Å². The predicted octanol–water partition coefficient (Wildman–Crippen LogP) is 2.93. The van der Waals surface area contributed by atoms with Crippen LogP contribution in [0.2, 0.25) is 0 Å². The van der Waals surface area contributed by atoms with E-state index in [2.05, 4.69) is 5.32 Å². The molecule has 0 bridgehead atoms. The summed E-state index contributed by atoms with van der Waals surface area (Å²) in [4.78, 5) is 15.3. The molecule has 1 N–H and O–H groups in total. The molecule has 1 aromatic rings. The average molecular weight is 369 g/mol. The minimum atomic E-state index is -0.259. The quantitative estimate of drug-likeness (QED) is 0.872. The van der Waals surface area contributed by atoms with E-state index in [4.69, 9.17) is 4.74 Å². The third-order valence-corrected chi connectivity index (χ3v) is 6.04. The molecular weight excluding hydrogens is 343 g/mol. The summed E-state index contributed by atoms with van der Waals surface area (Å²) in [5.74, 6) is 0.488. The minimum absolute atomic E-state index is 0. The normalized spacial score (nSPS) is 32.0. The molecule has 3 fully saturated rings. The van der Waals surface area contributed by atoms with Crippen molar-refractivity contribution in [3.05, 3.63) is 35.6 Å². The van der Waals surface area contributed by atoms with Gasteiger partial charge in [0.05, 0.1) is 18.6 Å². The average Bonchev–Trinajstić information content (AvgIpc) is 3.06. The summed E-state index contributed by atoms with van der Waals surface area (Å²) in [6.07, 6.45) is 4.28. The Hall–Kier alpha value is -1.17. The number of rotatable bonds is 2. The van der Waals surface area contributed by atoms with Crippen LogP contribution in [0.15, 0.2) is 24.3 Å². The van der Waals surface area contributed by atoms with E-state index in [1.54, 1.807) is 6.07 Å². The van der Waals surface area contributed by atoms with Gasteiger partial charge in [-0.25, -0.2) is 4.39 Å².